The number of carbonyl (C=O) groups is 1. The molecular weight excluding hydrogens is 312 g/mol. The lowest BCUT2D eigenvalue weighted by atomic mass is 9.98. The number of aromatic hydroxyl groups is 1. The molecule has 2 aromatic carbocycles. The smallest absolute Gasteiger partial charge is 0.224 e. The summed E-state index contributed by atoms with van der Waals surface area (Å²) in [6, 6.07) is 17.5. The zero-order chi connectivity index (χ0) is 17.7. The first-order valence-electron chi connectivity index (χ1n) is 8.89. The van der Waals surface area contributed by atoms with Gasteiger partial charge in [-0.15, -0.1) is 0 Å². The number of hydrogen-bond acceptors (Lipinski definition) is 3. The van der Waals surface area contributed by atoms with E-state index < -0.39 is 0 Å². The van der Waals surface area contributed by atoms with Crippen molar-refractivity contribution in [3.8, 4) is 5.75 Å². The fourth-order valence-corrected chi connectivity index (χ4v) is 3.54. The molecule has 1 amide bonds. The maximum absolute atomic E-state index is 12.3. The van der Waals surface area contributed by atoms with Crippen LogP contribution in [0.4, 0.5) is 0 Å². The monoisotopic (exact) mass is 338 g/mol. The molecule has 1 atom stereocenters. The summed E-state index contributed by atoms with van der Waals surface area (Å²) < 4.78 is 0. The Kier molecular flexibility index (Phi) is 5.39. The van der Waals surface area contributed by atoms with Gasteiger partial charge in [-0.05, 0) is 37.9 Å². The van der Waals surface area contributed by atoms with E-state index in [2.05, 4.69) is 41.4 Å². The number of nitrogens with one attached hydrogen (secondary N) is 1. The van der Waals surface area contributed by atoms with Gasteiger partial charge in [-0.1, -0.05) is 48.5 Å². The van der Waals surface area contributed by atoms with Crippen molar-refractivity contribution >= 4 is 5.91 Å². The molecule has 0 aliphatic carbocycles. The lowest BCUT2D eigenvalue weighted by Gasteiger charge is -2.35. The lowest BCUT2D eigenvalue weighted by Crippen LogP contribution is -2.49. The van der Waals surface area contributed by atoms with Crippen molar-refractivity contribution < 1.29 is 9.90 Å². The molecule has 0 saturated carbocycles. The van der Waals surface area contributed by atoms with Gasteiger partial charge in [-0.2, -0.15) is 0 Å². The fourth-order valence-electron chi connectivity index (χ4n) is 3.54. The molecule has 1 unspecified atom stereocenters. The first-order valence-corrected chi connectivity index (χ1v) is 8.89. The van der Waals surface area contributed by atoms with Crippen LogP contribution < -0.4 is 5.32 Å². The van der Waals surface area contributed by atoms with Gasteiger partial charge in [0, 0.05) is 24.2 Å². The van der Waals surface area contributed by atoms with Crippen molar-refractivity contribution in [2.45, 2.75) is 38.3 Å². The maximum Gasteiger partial charge on any atom is 0.224 e. The molecule has 4 heteroatoms. The number of carbonyl (C=O) groups excluding carboxylic acids is 1. The Morgan fingerprint density at radius 2 is 1.88 bits per heavy atom. The van der Waals surface area contributed by atoms with Crippen molar-refractivity contribution in [2.24, 2.45) is 0 Å². The number of para-hydroxylation sites is 1. The summed E-state index contributed by atoms with van der Waals surface area (Å²) in [6.07, 6.45) is 2.44. The third-order valence-electron chi connectivity index (χ3n) is 5.13. The van der Waals surface area contributed by atoms with E-state index in [1.54, 1.807) is 18.2 Å². The molecule has 25 heavy (non-hydrogen) atoms. The molecule has 1 saturated heterocycles. The first-order chi connectivity index (χ1) is 12.1. The zero-order valence-electron chi connectivity index (χ0n) is 14.7. The number of rotatable bonds is 6. The highest BCUT2D eigenvalue weighted by Gasteiger charge is 2.36. The Hall–Kier alpha value is -2.33. The summed E-state index contributed by atoms with van der Waals surface area (Å²) >= 11 is 0. The molecule has 0 spiro atoms. The summed E-state index contributed by atoms with van der Waals surface area (Å²) in [4.78, 5) is 14.7. The van der Waals surface area contributed by atoms with Crippen LogP contribution >= 0.6 is 0 Å². The molecule has 0 aromatic heterocycles. The summed E-state index contributed by atoms with van der Waals surface area (Å²) in [5.74, 6) is 0.129. The average molecular weight is 338 g/mol. The lowest BCUT2D eigenvalue weighted by molar-refractivity contribution is -0.121. The summed E-state index contributed by atoms with van der Waals surface area (Å²) in [7, 11) is 0. The van der Waals surface area contributed by atoms with Crippen molar-refractivity contribution in [1.82, 2.24) is 10.2 Å². The van der Waals surface area contributed by atoms with E-state index in [4.69, 9.17) is 0 Å². The summed E-state index contributed by atoms with van der Waals surface area (Å²) in [6.45, 7) is 4.82. The van der Waals surface area contributed by atoms with Crippen molar-refractivity contribution in [3.63, 3.8) is 0 Å². The van der Waals surface area contributed by atoms with Gasteiger partial charge in [0.2, 0.25) is 5.91 Å². The van der Waals surface area contributed by atoms with Crippen LogP contribution in [0.25, 0.3) is 0 Å². The SMILES string of the molecule is CC1(CNC(=O)Cc2ccccc2O)CCCN1Cc1ccccc1. The van der Waals surface area contributed by atoms with Gasteiger partial charge in [0.1, 0.15) is 5.75 Å². The van der Waals surface area contributed by atoms with E-state index in [1.165, 1.54) is 5.56 Å². The molecule has 2 aromatic rings. The number of phenolic OH excluding ortho intramolecular Hbond substituents is 1. The van der Waals surface area contributed by atoms with Gasteiger partial charge in [0.25, 0.3) is 0 Å². The predicted molar refractivity (Wildman–Crippen MR) is 99.3 cm³/mol. The largest absolute Gasteiger partial charge is 0.508 e. The molecule has 1 aliphatic rings. The maximum atomic E-state index is 12.3. The number of likely N-dealkylation sites (tertiary alicyclic amines) is 1. The minimum Gasteiger partial charge on any atom is -0.508 e. The van der Waals surface area contributed by atoms with Crippen LogP contribution in [-0.4, -0.2) is 34.5 Å². The van der Waals surface area contributed by atoms with Gasteiger partial charge < -0.3 is 10.4 Å². The first kappa shape index (κ1) is 17.5. The van der Waals surface area contributed by atoms with Crippen LogP contribution in [-0.2, 0) is 17.8 Å². The van der Waals surface area contributed by atoms with Crippen LogP contribution in [0.5, 0.6) is 5.75 Å². The second kappa shape index (κ2) is 7.70. The van der Waals surface area contributed by atoms with E-state index in [1.807, 2.05) is 12.1 Å². The minimum atomic E-state index is -0.0470. The molecule has 0 bridgehead atoms. The molecule has 2 N–H and O–H groups in total. The van der Waals surface area contributed by atoms with E-state index in [-0.39, 0.29) is 23.6 Å². The molecule has 1 heterocycles. The highest BCUT2D eigenvalue weighted by atomic mass is 16.3. The van der Waals surface area contributed by atoms with Gasteiger partial charge in [0.15, 0.2) is 0 Å². The van der Waals surface area contributed by atoms with Crippen molar-refractivity contribution in [1.29, 1.82) is 0 Å². The third-order valence-corrected chi connectivity index (χ3v) is 5.13. The third kappa shape index (κ3) is 4.40. The Morgan fingerprint density at radius 1 is 1.16 bits per heavy atom. The van der Waals surface area contributed by atoms with Crippen LogP contribution in [0, 0.1) is 0 Å². The van der Waals surface area contributed by atoms with E-state index in [0.29, 0.717) is 12.1 Å². The Morgan fingerprint density at radius 3 is 2.64 bits per heavy atom. The van der Waals surface area contributed by atoms with Gasteiger partial charge in [0.05, 0.1) is 6.42 Å². The zero-order valence-corrected chi connectivity index (χ0v) is 14.7. The van der Waals surface area contributed by atoms with Gasteiger partial charge in [-0.3, -0.25) is 9.69 Å². The molecule has 0 radical (unpaired) electrons. The van der Waals surface area contributed by atoms with Crippen molar-refractivity contribution in [3.05, 3.63) is 65.7 Å². The van der Waals surface area contributed by atoms with Crippen LogP contribution in [0.15, 0.2) is 54.6 Å². The second-order valence-corrected chi connectivity index (χ2v) is 7.09. The number of amides is 1. The summed E-state index contributed by atoms with van der Waals surface area (Å²) in [5.41, 5.74) is 1.94. The molecule has 4 nitrogen and oxygen atoms in total. The second-order valence-electron chi connectivity index (χ2n) is 7.09. The topological polar surface area (TPSA) is 52.6 Å². The normalized spacial score (nSPS) is 20.5. The van der Waals surface area contributed by atoms with Gasteiger partial charge >= 0.3 is 0 Å². The minimum absolute atomic E-state index is 0.0236. The Balaban J connectivity index is 1.57. The fraction of sp³-hybridized carbons (Fsp3) is 0.381. The van der Waals surface area contributed by atoms with E-state index >= 15 is 0 Å². The molecule has 3 rings (SSSR count). The number of benzene rings is 2. The molecule has 132 valence electrons. The highest BCUT2D eigenvalue weighted by Crippen LogP contribution is 2.30. The quantitative estimate of drug-likeness (QED) is 0.851. The standard InChI is InChI=1S/C21H26N2O2/c1-21(12-7-13-23(21)15-17-8-3-2-4-9-17)16-22-20(25)14-18-10-5-6-11-19(18)24/h2-6,8-11,24H,7,12-16H2,1H3,(H,22,25). The summed E-state index contributed by atoms with van der Waals surface area (Å²) in [5, 5.41) is 12.9. The Bertz CT molecular complexity index is 717. The predicted octanol–water partition coefficient (Wildman–Crippen LogP) is 3.11. The average Bonchev–Trinajstić information content (AvgIpc) is 2.97. The van der Waals surface area contributed by atoms with Crippen molar-refractivity contribution in [2.75, 3.05) is 13.1 Å². The Labute approximate surface area is 149 Å². The van der Waals surface area contributed by atoms with E-state index in [9.17, 15) is 9.90 Å². The molecule has 1 aliphatic heterocycles. The van der Waals surface area contributed by atoms with Crippen LogP contribution in [0.1, 0.15) is 30.9 Å². The number of hydrogen-bond donors (Lipinski definition) is 2. The van der Waals surface area contributed by atoms with Gasteiger partial charge in [-0.25, -0.2) is 0 Å². The van der Waals surface area contributed by atoms with Crippen LogP contribution in [0.2, 0.25) is 0 Å². The van der Waals surface area contributed by atoms with E-state index in [0.717, 1.165) is 25.9 Å². The number of phenols is 1. The molecule has 1 fully saturated rings. The highest BCUT2D eigenvalue weighted by molar-refractivity contribution is 5.79. The number of nitrogens with zero attached hydrogens (tertiary/aromatic N) is 1. The molecular formula is C21H26N2O2. The van der Waals surface area contributed by atoms with Crippen LogP contribution in [0.3, 0.4) is 0 Å².